The number of nitrogens with one attached hydrogen (secondary N) is 1. The van der Waals surface area contributed by atoms with Crippen molar-refractivity contribution in [1.82, 2.24) is 4.72 Å². The Morgan fingerprint density at radius 1 is 1.35 bits per heavy atom. The second-order valence-corrected chi connectivity index (χ2v) is 7.59. The van der Waals surface area contributed by atoms with Crippen molar-refractivity contribution in [2.45, 2.75) is 32.6 Å². The number of aryl methyl sites for hydroxylation is 2. The van der Waals surface area contributed by atoms with Gasteiger partial charge in [0.05, 0.1) is 9.88 Å². The molecular weight excluding hydrogens is 299 g/mol. The molecule has 0 saturated carbocycles. The number of hydrogen-bond donors (Lipinski definition) is 2. The highest BCUT2D eigenvalue weighted by Gasteiger charge is 2.26. The maximum Gasteiger partial charge on any atom is 0.241 e. The van der Waals surface area contributed by atoms with E-state index in [9.17, 15) is 12.8 Å². The molecule has 1 aromatic carbocycles. The molecule has 3 N–H and O–H groups in total. The Labute approximate surface area is 124 Å². The van der Waals surface area contributed by atoms with Crippen LogP contribution >= 0.6 is 12.2 Å². The minimum atomic E-state index is -3.74. The summed E-state index contributed by atoms with van der Waals surface area (Å²) >= 11 is 4.90. The van der Waals surface area contributed by atoms with Crippen molar-refractivity contribution >= 4 is 27.2 Å². The van der Waals surface area contributed by atoms with Crippen molar-refractivity contribution in [3.05, 3.63) is 29.1 Å². The molecule has 0 saturated heterocycles. The van der Waals surface area contributed by atoms with E-state index in [1.165, 1.54) is 12.1 Å². The standard InChI is InChI=1S/C13H19FN2O2S2/c1-8-5-10(14)6-9(2)11(8)20(17,18)16-7-13(3,4)12(15)19/h5-6,16H,7H2,1-4H3,(H2,15,19). The van der Waals surface area contributed by atoms with Gasteiger partial charge in [-0.15, -0.1) is 0 Å². The molecule has 0 heterocycles. The van der Waals surface area contributed by atoms with Crippen molar-refractivity contribution in [2.75, 3.05) is 6.54 Å². The molecule has 1 rings (SSSR count). The van der Waals surface area contributed by atoms with Crippen molar-refractivity contribution in [2.24, 2.45) is 11.1 Å². The van der Waals surface area contributed by atoms with Crippen molar-refractivity contribution < 1.29 is 12.8 Å². The van der Waals surface area contributed by atoms with Crippen molar-refractivity contribution in [1.29, 1.82) is 0 Å². The maximum absolute atomic E-state index is 13.2. The summed E-state index contributed by atoms with van der Waals surface area (Å²) in [6, 6.07) is 2.39. The highest BCUT2D eigenvalue weighted by atomic mass is 32.2. The second-order valence-electron chi connectivity index (χ2n) is 5.44. The third kappa shape index (κ3) is 3.74. The fraction of sp³-hybridized carbons (Fsp3) is 0.462. The zero-order valence-corrected chi connectivity index (χ0v) is 13.6. The Morgan fingerprint density at radius 2 is 1.80 bits per heavy atom. The highest BCUT2D eigenvalue weighted by Crippen LogP contribution is 2.22. The van der Waals surface area contributed by atoms with Crippen LogP contribution in [0.4, 0.5) is 4.39 Å². The fourth-order valence-corrected chi connectivity index (χ4v) is 3.49. The largest absolute Gasteiger partial charge is 0.393 e. The minimum Gasteiger partial charge on any atom is -0.393 e. The van der Waals surface area contributed by atoms with E-state index >= 15 is 0 Å². The molecular formula is C13H19FN2O2S2. The Morgan fingerprint density at radius 3 is 2.20 bits per heavy atom. The molecule has 0 spiro atoms. The van der Waals surface area contributed by atoms with Crippen molar-refractivity contribution in [3.63, 3.8) is 0 Å². The van der Waals surface area contributed by atoms with Gasteiger partial charge in [0.15, 0.2) is 0 Å². The molecule has 1 aromatic rings. The molecule has 0 atom stereocenters. The number of hydrogen-bond acceptors (Lipinski definition) is 3. The monoisotopic (exact) mass is 318 g/mol. The maximum atomic E-state index is 13.2. The van der Waals surface area contributed by atoms with Crippen LogP contribution in [0.15, 0.2) is 17.0 Å². The lowest BCUT2D eigenvalue weighted by Gasteiger charge is -2.23. The second kappa shape index (κ2) is 5.75. The van der Waals surface area contributed by atoms with Gasteiger partial charge in [0.25, 0.3) is 0 Å². The SMILES string of the molecule is Cc1cc(F)cc(C)c1S(=O)(=O)NCC(C)(C)C(N)=S. The van der Waals surface area contributed by atoms with Crippen LogP contribution in [0.1, 0.15) is 25.0 Å². The van der Waals surface area contributed by atoms with Gasteiger partial charge in [-0.05, 0) is 37.1 Å². The van der Waals surface area contributed by atoms with E-state index in [0.717, 1.165) is 0 Å². The molecule has 0 aliphatic rings. The van der Waals surface area contributed by atoms with E-state index in [0.29, 0.717) is 11.1 Å². The average molecular weight is 318 g/mol. The van der Waals surface area contributed by atoms with Crippen LogP contribution in [0.3, 0.4) is 0 Å². The van der Waals surface area contributed by atoms with Crippen molar-refractivity contribution in [3.8, 4) is 0 Å². The fourth-order valence-electron chi connectivity index (χ4n) is 1.76. The summed E-state index contributed by atoms with van der Waals surface area (Å²) < 4.78 is 40.4. The smallest absolute Gasteiger partial charge is 0.241 e. The molecule has 0 unspecified atom stereocenters. The number of nitrogens with two attached hydrogens (primary N) is 1. The molecule has 4 nitrogen and oxygen atoms in total. The summed E-state index contributed by atoms with van der Waals surface area (Å²) in [6.45, 7) is 6.71. The molecule has 0 radical (unpaired) electrons. The number of benzene rings is 1. The minimum absolute atomic E-state index is 0.0842. The Hall–Kier alpha value is -1.05. The number of sulfonamides is 1. The Kier molecular flexibility index (Phi) is 4.89. The molecule has 112 valence electrons. The quantitative estimate of drug-likeness (QED) is 0.815. The Balaban J connectivity index is 3.11. The van der Waals surface area contributed by atoms with E-state index in [1.54, 1.807) is 27.7 Å². The summed E-state index contributed by atoms with van der Waals surface area (Å²) in [7, 11) is -3.74. The number of rotatable bonds is 5. The Bertz CT molecular complexity index is 617. The normalized spacial score (nSPS) is 12.4. The average Bonchev–Trinajstić information content (AvgIpc) is 2.24. The van der Waals surface area contributed by atoms with Crippen LogP contribution < -0.4 is 10.5 Å². The van der Waals surface area contributed by atoms with Gasteiger partial charge in [0.2, 0.25) is 10.0 Å². The van der Waals surface area contributed by atoms with Crippen LogP contribution in [0.2, 0.25) is 0 Å². The topological polar surface area (TPSA) is 72.2 Å². The molecule has 0 amide bonds. The van der Waals surface area contributed by atoms with Crippen LogP contribution in [-0.4, -0.2) is 20.0 Å². The van der Waals surface area contributed by atoms with Gasteiger partial charge in [-0.1, -0.05) is 26.1 Å². The molecule has 20 heavy (non-hydrogen) atoms. The molecule has 0 aliphatic heterocycles. The van der Waals surface area contributed by atoms with Crippen LogP contribution in [0, 0.1) is 25.1 Å². The lowest BCUT2D eigenvalue weighted by molar-refractivity contribution is 0.501. The summed E-state index contributed by atoms with van der Waals surface area (Å²) in [6.07, 6.45) is 0. The third-order valence-corrected chi connectivity index (χ3v) is 5.32. The predicted molar refractivity (Wildman–Crippen MR) is 81.6 cm³/mol. The van der Waals surface area contributed by atoms with E-state index < -0.39 is 21.3 Å². The summed E-state index contributed by atoms with van der Waals surface area (Å²) in [5.74, 6) is -0.456. The van der Waals surface area contributed by atoms with Gasteiger partial charge >= 0.3 is 0 Å². The lowest BCUT2D eigenvalue weighted by Crippen LogP contribution is -2.41. The highest BCUT2D eigenvalue weighted by molar-refractivity contribution is 7.89. The molecule has 0 bridgehead atoms. The first-order valence-corrected chi connectivity index (χ1v) is 7.93. The van der Waals surface area contributed by atoms with Gasteiger partial charge in [-0.3, -0.25) is 0 Å². The molecule has 7 heteroatoms. The summed E-state index contributed by atoms with van der Waals surface area (Å²) in [5, 5.41) is 0. The first-order chi connectivity index (χ1) is 8.97. The van der Waals surface area contributed by atoms with E-state index in [-0.39, 0.29) is 16.4 Å². The summed E-state index contributed by atoms with van der Waals surface area (Å²) in [5.41, 5.74) is 5.66. The van der Waals surface area contributed by atoms with Gasteiger partial charge < -0.3 is 5.73 Å². The first kappa shape index (κ1) is 17.0. The van der Waals surface area contributed by atoms with Gasteiger partial charge in [0.1, 0.15) is 5.82 Å². The molecule has 0 aliphatic carbocycles. The van der Waals surface area contributed by atoms with E-state index in [1.807, 2.05) is 0 Å². The third-order valence-electron chi connectivity index (χ3n) is 3.06. The number of thiocarbonyl (C=S) groups is 1. The zero-order chi connectivity index (χ0) is 15.7. The molecule has 0 aromatic heterocycles. The number of halogens is 1. The van der Waals surface area contributed by atoms with Crippen LogP contribution in [0.5, 0.6) is 0 Å². The van der Waals surface area contributed by atoms with E-state index in [4.69, 9.17) is 18.0 Å². The van der Waals surface area contributed by atoms with E-state index in [2.05, 4.69) is 4.72 Å². The van der Waals surface area contributed by atoms with Crippen LogP contribution in [0.25, 0.3) is 0 Å². The first-order valence-electron chi connectivity index (χ1n) is 6.04. The van der Waals surface area contributed by atoms with Gasteiger partial charge in [-0.25, -0.2) is 17.5 Å². The summed E-state index contributed by atoms with van der Waals surface area (Å²) in [4.78, 5) is 0.324. The van der Waals surface area contributed by atoms with Gasteiger partial charge in [-0.2, -0.15) is 0 Å². The predicted octanol–water partition coefficient (Wildman–Crippen LogP) is 2.03. The zero-order valence-electron chi connectivity index (χ0n) is 12.0. The van der Waals surface area contributed by atoms with Gasteiger partial charge in [0, 0.05) is 12.0 Å². The van der Waals surface area contributed by atoms with Crippen LogP contribution in [-0.2, 0) is 10.0 Å². The lowest BCUT2D eigenvalue weighted by atomic mass is 9.94. The molecule has 0 fully saturated rings.